The second-order valence-electron chi connectivity index (χ2n) is 5.30. The van der Waals surface area contributed by atoms with Crippen LogP contribution >= 0.6 is 11.6 Å². The number of nitrogens with one attached hydrogen (secondary N) is 1. The van der Waals surface area contributed by atoms with Gasteiger partial charge in [0.15, 0.2) is 0 Å². The van der Waals surface area contributed by atoms with Crippen molar-refractivity contribution in [1.29, 1.82) is 0 Å². The number of rotatable bonds is 4. The molecule has 2 N–H and O–H groups in total. The molecule has 1 aromatic carbocycles. The Morgan fingerprint density at radius 3 is 2.67 bits per heavy atom. The van der Waals surface area contributed by atoms with Crippen LogP contribution in [-0.4, -0.2) is 23.8 Å². The highest BCUT2D eigenvalue weighted by atomic mass is 35.5. The highest BCUT2D eigenvalue weighted by Crippen LogP contribution is 2.31. The third-order valence-electron chi connectivity index (χ3n) is 4.09. The molecule has 0 unspecified atom stereocenters. The lowest BCUT2D eigenvalue weighted by molar-refractivity contribution is -0.0305. The van der Waals surface area contributed by atoms with E-state index in [9.17, 15) is 5.11 Å². The van der Waals surface area contributed by atoms with Crippen molar-refractivity contribution >= 4 is 11.6 Å². The maximum absolute atomic E-state index is 10.9. The van der Waals surface area contributed by atoms with Gasteiger partial charge in [-0.3, -0.25) is 0 Å². The van der Waals surface area contributed by atoms with E-state index < -0.39 is 5.60 Å². The third kappa shape index (κ3) is 3.25. The Hall–Kier alpha value is -0.570. The van der Waals surface area contributed by atoms with Crippen LogP contribution in [0.15, 0.2) is 24.3 Å². The van der Waals surface area contributed by atoms with Crippen molar-refractivity contribution in [3.8, 4) is 0 Å². The Labute approximate surface area is 114 Å². The van der Waals surface area contributed by atoms with E-state index in [-0.39, 0.29) is 0 Å². The van der Waals surface area contributed by atoms with Crippen LogP contribution in [0.4, 0.5) is 0 Å². The van der Waals surface area contributed by atoms with E-state index in [1.54, 1.807) is 0 Å². The molecule has 0 aliphatic carbocycles. The topological polar surface area (TPSA) is 32.3 Å². The molecule has 0 spiro atoms. The predicted octanol–water partition coefficient (Wildman–Crippen LogP) is 3.02. The fourth-order valence-corrected chi connectivity index (χ4v) is 2.95. The molecule has 2 rings (SSSR count). The van der Waals surface area contributed by atoms with Gasteiger partial charge in [-0.15, -0.1) is 0 Å². The van der Waals surface area contributed by atoms with E-state index in [1.165, 1.54) is 0 Å². The monoisotopic (exact) mass is 267 g/mol. The van der Waals surface area contributed by atoms with Crippen molar-refractivity contribution in [2.24, 2.45) is 5.92 Å². The van der Waals surface area contributed by atoms with Crippen LogP contribution in [-0.2, 0) is 6.42 Å². The van der Waals surface area contributed by atoms with Gasteiger partial charge in [0.2, 0.25) is 0 Å². The first-order valence-electron chi connectivity index (χ1n) is 6.81. The van der Waals surface area contributed by atoms with Crippen molar-refractivity contribution < 1.29 is 5.11 Å². The Kier molecular flexibility index (Phi) is 4.66. The molecule has 0 radical (unpaired) electrons. The minimum Gasteiger partial charge on any atom is -0.389 e. The third-order valence-corrected chi connectivity index (χ3v) is 4.34. The minimum atomic E-state index is -0.596. The standard InChI is InChI=1S/C15H22ClNO/c1-2-15(18,13-4-3-9-17-11-13)10-12-5-7-14(16)8-6-12/h5-8,13,17-18H,2-4,9-11H2,1H3/t13-,15+/m1/s1. The number of hydrogen-bond donors (Lipinski definition) is 2. The number of aliphatic hydroxyl groups is 1. The molecule has 1 fully saturated rings. The van der Waals surface area contributed by atoms with E-state index in [4.69, 9.17) is 11.6 Å². The molecule has 0 amide bonds. The van der Waals surface area contributed by atoms with Gasteiger partial charge in [-0.25, -0.2) is 0 Å². The highest BCUT2D eigenvalue weighted by Gasteiger charge is 2.35. The summed E-state index contributed by atoms with van der Waals surface area (Å²) < 4.78 is 0. The largest absolute Gasteiger partial charge is 0.389 e. The van der Waals surface area contributed by atoms with Crippen molar-refractivity contribution in [1.82, 2.24) is 5.32 Å². The summed E-state index contributed by atoms with van der Waals surface area (Å²) in [5.41, 5.74) is 0.565. The number of halogens is 1. The summed E-state index contributed by atoms with van der Waals surface area (Å²) in [6, 6.07) is 7.82. The van der Waals surface area contributed by atoms with Crippen LogP contribution in [0, 0.1) is 5.92 Å². The predicted molar refractivity (Wildman–Crippen MR) is 76.0 cm³/mol. The van der Waals surface area contributed by atoms with Crippen LogP contribution in [0.1, 0.15) is 31.7 Å². The van der Waals surface area contributed by atoms with Crippen LogP contribution in [0.3, 0.4) is 0 Å². The zero-order valence-corrected chi connectivity index (χ0v) is 11.7. The van der Waals surface area contributed by atoms with E-state index >= 15 is 0 Å². The molecule has 100 valence electrons. The molecule has 2 nitrogen and oxygen atoms in total. The minimum absolute atomic E-state index is 0.354. The lowest BCUT2D eigenvalue weighted by Crippen LogP contribution is -2.47. The zero-order chi connectivity index (χ0) is 13.0. The quantitative estimate of drug-likeness (QED) is 0.879. The van der Waals surface area contributed by atoms with E-state index in [1.807, 2.05) is 24.3 Å². The van der Waals surface area contributed by atoms with Gasteiger partial charge in [0.05, 0.1) is 5.60 Å². The maximum Gasteiger partial charge on any atom is 0.0725 e. The molecule has 1 aromatic rings. The van der Waals surface area contributed by atoms with Gasteiger partial charge in [0.25, 0.3) is 0 Å². The van der Waals surface area contributed by atoms with Gasteiger partial charge in [-0.05, 0) is 43.5 Å². The van der Waals surface area contributed by atoms with Crippen molar-refractivity contribution in [2.45, 2.75) is 38.2 Å². The van der Waals surface area contributed by atoms with Gasteiger partial charge in [-0.2, -0.15) is 0 Å². The second-order valence-corrected chi connectivity index (χ2v) is 5.74. The molecular formula is C15H22ClNO. The van der Waals surface area contributed by atoms with Gasteiger partial charge in [-0.1, -0.05) is 30.7 Å². The fraction of sp³-hybridized carbons (Fsp3) is 0.600. The van der Waals surface area contributed by atoms with Crippen molar-refractivity contribution in [3.05, 3.63) is 34.9 Å². The SMILES string of the molecule is CC[C@](O)(Cc1ccc(Cl)cc1)[C@@H]1CCCNC1. The Bertz CT molecular complexity index is 373. The molecule has 1 aliphatic rings. The maximum atomic E-state index is 10.9. The summed E-state index contributed by atoms with van der Waals surface area (Å²) in [6.07, 6.45) is 3.79. The summed E-state index contributed by atoms with van der Waals surface area (Å²) in [5.74, 6) is 0.354. The summed E-state index contributed by atoms with van der Waals surface area (Å²) in [5, 5.41) is 15.0. The van der Waals surface area contributed by atoms with Gasteiger partial charge < -0.3 is 10.4 Å². The van der Waals surface area contributed by atoms with Gasteiger partial charge in [0.1, 0.15) is 0 Å². The van der Waals surface area contributed by atoms with Gasteiger partial charge >= 0.3 is 0 Å². The van der Waals surface area contributed by atoms with Crippen molar-refractivity contribution in [2.75, 3.05) is 13.1 Å². The highest BCUT2D eigenvalue weighted by molar-refractivity contribution is 6.30. The molecule has 0 bridgehead atoms. The average Bonchev–Trinajstić information content (AvgIpc) is 2.42. The van der Waals surface area contributed by atoms with Crippen LogP contribution in [0.25, 0.3) is 0 Å². The van der Waals surface area contributed by atoms with Crippen molar-refractivity contribution in [3.63, 3.8) is 0 Å². The second kappa shape index (κ2) is 6.05. The zero-order valence-electron chi connectivity index (χ0n) is 11.0. The van der Waals surface area contributed by atoms with E-state index in [0.717, 1.165) is 42.9 Å². The first-order valence-corrected chi connectivity index (χ1v) is 7.19. The van der Waals surface area contributed by atoms with Crippen LogP contribution < -0.4 is 5.32 Å². The molecule has 0 saturated carbocycles. The Balaban J connectivity index is 2.08. The number of benzene rings is 1. The first kappa shape index (κ1) is 13.9. The number of piperidine rings is 1. The van der Waals surface area contributed by atoms with Crippen LogP contribution in [0.2, 0.25) is 5.02 Å². The molecule has 0 aromatic heterocycles. The van der Waals surface area contributed by atoms with Crippen LogP contribution in [0.5, 0.6) is 0 Å². The smallest absolute Gasteiger partial charge is 0.0725 e. The molecule has 1 heterocycles. The fourth-order valence-electron chi connectivity index (χ4n) is 2.82. The Morgan fingerprint density at radius 2 is 2.11 bits per heavy atom. The lowest BCUT2D eigenvalue weighted by Gasteiger charge is -2.38. The normalized spacial score (nSPS) is 23.6. The lowest BCUT2D eigenvalue weighted by atomic mass is 9.76. The Morgan fingerprint density at radius 1 is 1.39 bits per heavy atom. The van der Waals surface area contributed by atoms with E-state index in [2.05, 4.69) is 12.2 Å². The molecule has 1 saturated heterocycles. The number of hydrogen-bond acceptors (Lipinski definition) is 2. The van der Waals surface area contributed by atoms with E-state index in [0.29, 0.717) is 12.3 Å². The summed E-state index contributed by atoms with van der Waals surface area (Å²) in [6.45, 7) is 4.08. The summed E-state index contributed by atoms with van der Waals surface area (Å²) in [4.78, 5) is 0. The molecular weight excluding hydrogens is 246 g/mol. The summed E-state index contributed by atoms with van der Waals surface area (Å²) >= 11 is 5.89. The molecule has 2 atom stereocenters. The summed E-state index contributed by atoms with van der Waals surface area (Å²) in [7, 11) is 0. The molecule has 18 heavy (non-hydrogen) atoms. The molecule has 3 heteroatoms. The average molecular weight is 268 g/mol. The molecule has 1 aliphatic heterocycles. The van der Waals surface area contributed by atoms with Gasteiger partial charge in [0, 0.05) is 23.9 Å². The first-order chi connectivity index (χ1) is 8.64.